The number of hydrogen-bond donors (Lipinski definition) is 2. The maximum atomic E-state index is 13.6. The van der Waals surface area contributed by atoms with Crippen LogP contribution < -0.4 is 4.90 Å². The van der Waals surface area contributed by atoms with E-state index in [-0.39, 0.29) is 17.2 Å². The van der Waals surface area contributed by atoms with E-state index in [9.17, 15) is 19.8 Å². The van der Waals surface area contributed by atoms with Crippen LogP contribution in [0.2, 0.25) is 10.0 Å². The molecule has 1 aliphatic rings. The number of furan rings is 1. The molecule has 0 fully saturated rings. The Morgan fingerprint density at radius 2 is 1.72 bits per heavy atom. The highest BCUT2D eigenvalue weighted by Gasteiger charge is 2.31. The van der Waals surface area contributed by atoms with E-state index in [2.05, 4.69) is 0 Å². The first-order valence-electron chi connectivity index (χ1n) is 10.8. The molecule has 4 aromatic rings. The van der Waals surface area contributed by atoms with Gasteiger partial charge in [0, 0.05) is 16.2 Å². The first-order chi connectivity index (χ1) is 17.3. The molecule has 2 N–H and O–H groups in total. The third-order valence-corrected chi connectivity index (χ3v) is 6.20. The molecule has 0 unspecified atom stereocenters. The third kappa shape index (κ3) is 4.40. The summed E-state index contributed by atoms with van der Waals surface area (Å²) < 4.78 is 5.93. The van der Waals surface area contributed by atoms with E-state index in [0.29, 0.717) is 44.1 Å². The monoisotopic (exact) mass is 517 g/mol. The third-order valence-electron chi connectivity index (χ3n) is 5.64. The summed E-state index contributed by atoms with van der Waals surface area (Å²) in [6.45, 7) is 0. The Hall–Kier alpha value is -4.26. The Morgan fingerprint density at radius 1 is 0.944 bits per heavy atom. The zero-order valence-electron chi connectivity index (χ0n) is 18.5. The molecule has 0 atom stereocenters. The van der Waals surface area contributed by atoms with Gasteiger partial charge in [0.1, 0.15) is 22.8 Å². The standard InChI is InChI=1S/C28H17Cl2NO5/c29-18-6-9-23(30)21(14-18)26-11-8-20(36-26)12-17-13-24(16-4-2-1-3-5-16)31(27(17)33)19-7-10-25(32)22(15-19)28(34)35/h1-15,32H,(H,34,35)/b17-12+. The van der Waals surface area contributed by atoms with Crippen molar-refractivity contribution in [2.75, 3.05) is 4.90 Å². The van der Waals surface area contributed by atoms with Gasteiger partial charge in [0.05, 0.1) is 16.4 Å². The molecule has 1 aromatic heterocycles. The molecule has 0 radical (unpaired) electrons. The van der Waals surface area contributed by atoms with E-state index in [1.54, 1.807) is 42.5 Å². The summed E-state index contributed by atoms with van der Waals surface area (Å²) in [5, 5.41) is 20.4. The zero-order valence-corrected chi connectivity index (χ0v) is 20.0. The molecular weight excluding hydrogens is 501 g/mol. The summed E-state index contributed by atoms with van der Waals surface area (Å²) >= 11 is 12.4. The molecule has 36 heavy (non-hydrogen) atoms. The summed E-state index contributed by atoms with van der Waals surface area (Å²) in [6, 6.07) is 21.8. The Labute approximate surface area is 215 Å². The second-order valence-electron chi connectivity index (χ2n) is 7.97. The number of carboxylic acid groups (broad SMARTS) is 1. The fraction of sp³-hybridized carbons (Fsp3) is 0. The predicted molar refractivity (Wildman–Crippen MR) is 139 cm³/mol. The van der Waals surface area contributed by atoms with Crippen molar-refractivity contribution >= 4 is 52.5 Å². The average molecular weight is 518 g/mol. The Bertz CT molecular complexity index is 1570. The lowest BCUT2D eigenvalue weighted by molar-refractivity contribution is -0.113. The minimum absolute atomic E-state index is 0.305. The number of hydrogen-bond acceptors (Lipinski definition) is 4. The molecule has 178 valence electrons. The van der Waals surface area contributed by atoms with Crippen molar-refractivity contribution in [3.63, 3.8) is 0 Å². The van der Waals surface area contributed by atoms with Crippen molar-refractivity contribution in [2.45, 2.75) is 0 Å². The summed E-state index contributed by atoms with van der Waals surface area (Å²) in [6.07, 6.45) is 3.31. The molecule has 1 amide bonds. The van der Waals surface area contributed by atoms with E-state index >= 15 is 0 Å². The van der Waals surface area contributed by atoms with Crippen LogP contribution in [0.15, 0.2) is 94.9 Å². The van der Waals surface area contributed by atoms with Crippen LogP contribution in [0, 0.1) is 0 Å². The van der Waals surface area contributed by atoms with Gasteiger partial charge in [-0.2, -0.15) is 0 Å². The van der Waals surface area contributed by atoms with Crippen molar-refractivity contribution in [2.24, 2.45) is 0 Å². The highest BCUT2D eigenvalue weighted by molar-refractivity contribution is 6.35. The number of halogens is 2. The first-order valence-corrected chi connectivity index (χ1v) is 11.5. The van der Waals surface area contributed by atoms with Gasteiger partial charge in [-0.3, -0.25) is 9.69 Å². The number of nitrogens with zero attached hydrogens (tertiary/aromatic N) is 1. The molecule has 1 aliphatic heterocycles. The van der Waals surface area contributed by atoms with Gasteiger partial charge in [-0.05, 0) is 66.2 Å². The van der Waals surface area contributed by atoms with Crippen LogP contribution in [-0.2, 0) is 4.79 Å². The van der Waals surface area contributed by atoms with E-state index in [0.717, 1.165) is 5.56 Å². The van der Waals surface area contributed by atoms with Crippen molar-refractivity contribution in [1.82, 2.24) is 0 Å². The van der Waals surface area contributed by atoms with Crippen LogP contribution in [0.3, 0.4) is 0 Å². The van der Waals surface area contributed by atoms with Gasteiger partial charge in [-0.25, -0.2) is 4.79 Å². The molecule has 0 spiro atoms. The molecule has 5 rings (SSSR count). The largest absolute Gasteiger partial charge is 0.507 e. The normalized spacial score (nSPS) is 14.4. The maximum Gasteiger partial charge on any atom is 0.339 e. The van der Waals surface area contributed by atoms with Gasteiger partial charge >= 0.3 is 5.97 Å². The van der Waals surface area contributed by atoms with E-state index < -0.39 is 5.97 Å². The highest BCUT2D eigenvalue weighted by Crippen LogP contribution is 2.38. The van der Waals surface area contributed by atoms with Gasteiger partial charge in [-0.15, -0.1) is 0 Å². The molecule has 0 aliphatic carbocycles. The molecule has 0 saturated heterocycles. The minimum atomic E-state index is -1.30. The number of rotatable bonds is 5. The van der Waals surface area contributed by atoms with Crippen LogP contribution in [-0.4, -0.2) is 22.1 Å². The number of aromatic carboxylic acids is 1. The van der Waals surface area contributed by atoms with E-state index in [1.165, 1.54) is 23.1 Å². The average Bonchev–Trinajstić information content (AvgIpc) is 3.46. The van der Waals surface area contributed by atoms with Crippen molar-refractivity contribution in [3.05, 3.63) is 117 Å². The Kier molecular flexibility index (Phi) is 6.14. The minimum Gasteiger partial charge on any atom is -0.507 e. The molecule has 0 bridgehead atoms. The molecule has 2 heterocycles. The van der Waals surface area contributed by atoms with Gasteiger partial charge in [0.25, 0.3) is 5.91 Å². The lowest BCUT2D eigenvalue weighted by Gasteiger charge is -2.21. The van der Waals surface area contributed by atoms with E-state index in [1.807, 2.05) is 30.3 Å². The molecular formula is C28H17Cl2NO5. The Balaban J connectivity index is 1.57. The van der Waals surface area contributed by atoms with Crippen molar-refractivity contribution in [1.29, 1.82) is 0 Å². The van der Waals surface area contributed by atoms with Crippen LogP contribution >= 0.6 is 23.2 Å². The number of benzene rings is 3. The quantitative estimate of drug-likeness (QED) is 0.275. The number of carbonyl (C=O) groups excluding carboxylic acids is 1. The number of anilines is 1. The predicted octanol–water partition coefficient (Wildman–Crippen LogP) is 7.13. The molecule has 8 heteroatoms. The van der Waals surface area contributed by atoms with Crippen LogP contribution in [0.1, 0.15) is 21.7 Å². The fourth-order valence-corrected chi connectivity index (χ4v) is 4.33. The number of carbonyl (C=O) groups is 2. The van der Waals surface area contributed by atoms with Gasteiger partial charge < -0.3 is 14.6 Å². The van der Waals surface area contributed by atoms with Crippen molar-refractivity contribution in [3.8, 4) is 17.1 Å². The van der Waals surface area contributed by atoms with Crippen LogP contribution in [0.4, 0.5) is 5.69 Å². The second kappa shape index (κ2) is 9.41. The lowest BCUT2D eigenvalue weighted by atomic mass is 10.1. The maximum absolute atomic E-state index is 13.6. The molecule has 0 saturated carbocycles. The second-order valence-corrected chi connectivity index (χ2v) is 8.81. The van der Waals surface area contributed by atoms with Crippen LogP contribution in [0.5, 0.6) is 5.75 Å². The fourth-order valence-electron chi connectivity index (χ4n) is 3.94. The highest BCUT2D eigenvalue weighted by atomic mass is 35.5. The van der Waals surface area contributed by atoms with E-state index in [4.69, 9.17) is 27.6 Å². The lowest BCUT2D eigenvalue weighted by Crippen LogP contribution is -2.25. The summed E-state index contributed by atoms with van der Waals surface area (Å²) in [7, 11) is 0. The molecule has 6 nitrogen and oxygen atoms in total. The smallest absolute Gasteiger partial charge is 0.339 e. The van der Waals surface area contributed by atoms with Gasteiger partial charge in [-0.1, -0.05) is 53.5 Å². The summed E-state index contributed by atoms with van der Waals surface area (Å²) in [5.41, 5.74) is 2.26. The van der Waals surface area contributed by atoms with Gasteiger partial charge in [0.2, 0.25) is 0 Å². The molecule has 3 aromatic carbocycles. The first kappa shape index (κ1) is 23.5. The summed E-state index contributed by atoms with van der Waals surface area (Å²) in [4.78, 5) is 26.5. The number of phenols is 1. The SMILES string of the molecule is O=C(O)c1cc(N2C(=O)/C(=C/c3ccc(-c4cc(Cl)ccc4Cl)o3)C=C2c2ccccc2)ccc1O. The summed E-state index contributed by atoms with van der Waals surface area (Å²) in [5.74, 6) is -1.15. The van der Waals surface area contributed by atoms with Crippen LogP contribution in [0.25, 0.3) is 23.1 Å². The number of amides is 1. The van der Waals surface area contributed by atoms with Gasteiger partial charge in [0.15, 0.2) is 0 Å². The topological polar surface area (TPSA) is 91.0 Å². The Morgan fingerprint density at radius 3 is 2.47 bits per heavy atom. The number of aromatic hydroxyl groups is 1. The zero-order chi connectivity index (χ0) is 25.4. The van der Waals surface area contributed by atoms with Crippen molar-refractivity contribution < 1.29 is 24.2 Å². The number of carboxylic acids is 1.